The Kier molecular flexibility index (Phi) is 5.51. The lowest BCUT2D eigenvalue weighted by molar-refractivity contribution is -0.131. The fraction of sp³-hybridized carbons (Fsp3) is 0.308. The van der Waals surface area contributed by atoms with Crippen molar-refractivity contribution in [3.63, 3.8) is 0 Å². The molecule has 1 aromatic rings. The van der Waals surface area contributed by atoms with E-state index in [-0.39, 0.29) is 6.10 Å². The molecular formula is C13H14Cl2O3. The van der Waals surface area contributed by atoms with E-state index < -0.39 is 5.97 Å². The zero-order chi connectivity index (χ0) is 13.7. The molecule has 0 heterocycles. The number of ether oxygens (including phenoxy) is 1. The maximum atomic E-state index is 10.5. The van der Waals surface area contributed by atoms with E-state index in [2.05, 4.69) is 0 Å². The fourth-order valence-corrected chi connectivity index (χ4v) is 1.83. The quantitative estimate of drug-likeness (QED) is 0.823. The van der Waals surface area contributed by atoms with Crippen LogP contribution in [-0.2, 0) is 4.79 Å². The SMILES string of the molecule is CCC(C)Oc1c(Cl)cc(Cl)cc1/C=C/C(=O)O. The molecule has 0 aliphatic heterocycles. The van der Waals surface area contributed by atoms with Crippen molar-refractivity contribution in [1.82, 2.24) is 0 Å². The topological polar surface area (TPSA) is 46.5 Å². The Morgan fingerprint density at radius 2 is 2.17 bits per heavy atom. The number of aliphatic carboxylic acids is 1. The van der Waals surface area contributed by atoms with Gasteiger partial charge in [-0.3, -0.25) is 0 Å². The van der Waals surface area contributed by atoms with Gasteiger partial charge in [0.2, 0.25) is 0 Å². The van der Waals surface area contributed by atoms with Crippen LogP contribution in [0.1, 0.15) is 25.8 Å². The molecule has 0 saturated carbocycles. The Morgan fingerprint density at radius 1 is 1.50 bits per heavy atom. The van der Waals surface area contributed by atoms with Crippen molar-refractivity contribution in [3.05, 3.63) is 33.8 Å². The molecule has 1 rings (SSSR count). The highest BCUT2D eigenvalue weighted by atomic mass is 35.5. The summed E-state index contributed by atoms with van der Waals surface area (Å²) in [5.41, 5.74) is 0.551. The molecule has 1 aromatic carbocycles. The van der Waals surface area contributed by atoms with E-state index in [1.165, 1.54) is 6.08 Å². The van der Waals surface area contributed by atoms with Gasteiger partial charge in [-0.1, -0.05) is 30.1 Å². The summed E-state index contributed by atoms with van der Waals surface area (Å²) in [6.07, 6.45) is 3.24. The Balaban J connectivity index is 3.16. The number of halogens is 2. The fourth-order valence-electron chi connectivity index (χ4n) is 1.27. The largest absolute Gasteiger partial charge is 0.489 e. The predicted octanol–water partition coefficient (Wildman–Crippen LogP) is 4.27. The number of hydrogen-bond acceptors (Lipinski definition) is 2. The van der Waals surface area contributed by atoms with Gasteiger partial charge in [0.15, 0.2) is 0 Å². The summed E-state index contributed by atoms with van der Waals surface area (Å²) in [6.45, 7) is 3.90. The lowest BCUT2D eigenvalue weighted by Gasteiger charge is -2.16. The van der Waals surface area contributed by atoms with Gasteiger partial charge in [-0.2, -0.15) is 0 Å². The van der Waals surface area contributed by atoms with Crippen molar-refractivity contribution >= 4 is 35.2 Å². The molecule has 0 saturated heterocycles. The molecule has 1 atom stereocenters. The van der Waals surface area contributed by atoms with Crippen LogP contribution in [0.3, 0.4) is 0 Å². The van der Waals surface area contributed by atoms with E-state index in [1.807, 2.05) is 13.8 Å². The Hall–Kier alpha value is -1.19. The second kappa shape index (κ2) is 6.66. The normalized spacial score (nSPS) is 12.7. The number of carboxylic acids is 1. The summed E-state index contributed by atoms with van der Waals surface area (Å²) >= 11 is 11.9. The van der Waals surface area contributed by atoms with Crippen molar-refractivity contribution < 1.29 is 14.6 Å². The van der Waals surface area contributed by atoms with Gasteiger partial charge in [-0.05, 0) is 31.6 Å². The molecular weight excluding hydrogens is 275 g/mol. The molecule has 0 bridgehead atoms. The average molecular weight is 289 g/mol. The van der Waals surface area contributed by atoms with Gasteiger partial charge in [-0.15, -0.1) is 0 Å². The summed E-state index contributed by atoms with van der Waals surface area (Å²) < 4.78 is 5.68. The molecule has 0 aromatic heterocycles. The van der Waals surface area contributed by atoms with Crippen LogP contribution in [0.5, 0.6) is 5.75 Å². The molecule has 0 spiro atoms. The van der Waals surface area contributed by atoms with Crippen LogP contribution in [0.2, 0.25) is 10.0 Å². The number of benzene rings is 1. The molecule has 18 heavy (non-hydrogen) atoms. The van der Waals surface area contributed by atoms with Gasteiger partial charge < -0.3 is 9.84 Å². The van der Waals surface area contributed by atoms with Crippen molar-refractivity contribution in [3.8, 4) is 5.75 Å². The molecule has 0 aliphatic rings. The maximum Gasteiger partial charge on any atom is 0.328 e. The molecule has 3 nitrogen and oxygen atoms in total. The number of carbonyl (C=O) groups is 1. The third-order valence-electron chi connectivity index (χ3n) is 2.34. The molecule has 0 fully saturated rings. The van der Waals surface area contributed by atoms with Crippen molar-refractivity contribution in [2.24, 2.45) is 0 Å². The van der Waals surface area contributed by atoms with Gasteiger partial charge in [-0.25, -0.2) is 4.79 Å². The average Bonchev–Trinajstić information content (AvgIpc) is 2.29. The van der Waals surface area contributed by atoms with Crippen molar-refractivity contribution in [2.45, 2.75) is 26.4 Å². The summed E-state index contributed by atoms with van der Waals surface area (Å²) in [5, 5.41) is 9.44. The lowest BCUT2D eigenvalue weighted by Crippen LogP contribution is -2.11. The molecule has 1 unspecified atom stereocenters. The number of hydrogen-bond donors (Lipinski definition) is 1. The summed E-state index contributed by atoms with van der Waals surface area (Å²) in [4.78, 5) is 10.5. The predicted molar refractivity (Wildman–Crippen MR) is 73.5 cm³/mol. The van der Waals surface area contributed by atoms with Crippen LogP contribution in [0.25, 0.3) is 6.08 Å². The van der Waals surface area contributed by atoms with Crippen LogP contribution >= 0.6 is 23.2 Å². The zero-order valence-corrected chi connectivity index (χ0v) is 11.6. The van der Waals surface area contributed by atoms with E-state index in [0.717, 1.165) is 12.5 Å². The zero-order valence-electron chi connectivity index (χ0n) is 10.1. The first kappa shape index (κ1) is 14.9. The minimum Gasteiger partial charge on any atom is -0.489 e. The van der Waals surface area contributed by atoms with E-state index in [0.29, 0.717) is 21.4 Å². The van der Waals surface area contributed by atoms with Gasteiger partial charge in [0.05, 0.1) is 11.1 Å². The molecule has 0 aliphatic carbocycles. The number of carboxylic acid groups (broad SMARTS) is 1. The van der Waals surface area contributed by atoms with Crippen LogP contribution < -0.4 is 4.74 Å². The van der Waals surface area contributed by atoms with Gasteiger partial charge >= 0.3 is 5.97 Å². The Labute approximate surface area is 116 Å². The van der Waals surface area contributed by atoms with Crippen LogP contribution in [0.15, 0.2) is 18.2 Å². The smallest absolute Gasteiger partial charge is 0.328 e. The first-order chi connectivity index (χ1) is 8.43. The minimum atomic E-state index is -1.04. The van der Waals surface area contributed by atoms with Crippen LogP contribution in [0.4, 0.5) is 0 Å². The Morgan fingerprint density at radius 3 is 2.72 bits per heavy atom. The molecule has 98 valence electrons. The van der Waals surface area contributed by atoms with Gasteiger partial charge in [0, 0.05) is 16.7 Å². The highest BCUT2D eigenvalue weighted by Crippen LogP contribution is 2.34. The van der Waals surface area contributed by atoms with E-state index in [1.54, 1.807) is 12.1 Å². The first-order valence-corrected chi connectivity index (χ1v) is 6.26. The highest BCUT2D eigenvalue weighted by Gasteiger charge is 2.11. The summed E-state index contributed by atoms with van der Waals surface area (Å²) in [5.74, 6) is -0.589. The second-order valence-electron chi connectivity index (χ2n) is 3.81. The third-order valence-corrected chi connectivity index (χ3v) is 2.84. The number of rotatable bonds is 5. The Bertz CT molecular complexity index is 470. The standard InChI is InChI=1S/C13H14Cl2O3/c1-3-8(2)18-13-9(4-5-12(16)17)6-10(14)7-11(13)15/h4-8H,3H2,1-2H3,(H,16,17)/b5-4+. The van der Waals surface area contributed by atoms with Crippen LogP contribution in [-0.4, -0.2) is 17.2 Å². The molecule has 0 radical (unpaired) electrons. The van der Waals surface area contributed by atoms with E-state index in [9.17, 15) is 4.79 Å². The van der Waals surface area contributed by atoms with Gasteiger partial charge in [0.1, 0.15) is 5.75 Å². The van der Waals surface area contributed by atoms with Crippen LogP contribution in [0, 0.1) is 0 Å². The monoisotopic (exact) mass is 288 g/mol. The second-order valence-corrected chi connectivity index (χ2v) is 4.66. The van der Waals surface area contributed by atoms with E-state index >= 15 is 0 Å². The van der Waals surface area contributed by atoms with Crippen molar-refractivity contribution in [2.75, 3.05) is 0 Å². The third kappa shape index (κ3) is 4.24. The maximum absolute atomic E-state index is 10.5. The molecule has 1 N–H and O–H groups in total. The first-order valence-electron chi connectivity index (χ1n) is 5.50. The summed E-state index contributed by atoms with van der Waals surface area (Å²) in [7, 11) is 0. The highest BCUT2D eigenvalue weighted by molar-refractivity contribution is 6.35. The summed E-state index contributed by atoms with van der Waals surface area (Å²) in [6, 6.07) is 3.18. The minimum absolute atomic E-state index is 0.0133. The van der Waals surface area contributed by atoms with Gasteiger partial charge in [0.25, 0.3) is 0 Å². The lowest BCUT2D eigenvalue weighted by atomic mass is 10.1. The molecule has 0 amide bonds. The molecule has 5 heteroatoms. The van der Waals surface area contributed by atoms with Crippen molar-refractivity contribution in [1.29, 1.82) is 0 Å². The van der Waals surface area contributed by atoms with E-state index in [4.69, 9.17) is 33.0 Å².